The van der Waals surface area contributed by atoms with Crippen molar-refractivity contribution in [3.63, 3.8) is 0 Å². The number of rotatable bonds is 2. The molecule has 0 saturated carbocycles. The number of aromatic amines is 1. The summed E-state index contributed by atoms with van der Waals surface area (Å²) >= 11 is 0. The van der Waals surface area contributed by atoms with Crippen LogP contribution in [0.2, 0.25) is 0 Å². The van der Waals surface area contributed by atoms with Crippen molar-refractivity contribution in [3.8, 4) is 0 Å². The first-order valence-corrected chi connectivity index (χ1v) is 4.39. The number of aromatic nitrogens is 1. The Morgan fingerprint density at radius 1 is 1.50 bits per heavy atom. The molecular formula is C9H14N2O. The van der Waals surface area contributed by atoms with Crippen molar-refractivity contribution in [1.29, 1.82) is 0 Å². The Bertz CT molecular complexity index is 291. The molecule has 1 aliphatic carbocycles. The third-order valence-corrected chi connectivity index (χ3v) is 2.63. The van der Waals surface area contributed by atoms with Gasteiger partial charge in [0.25, 0.3) is 0 Å². The lowest BCUT2D eigenvalue weighted by atomic mass is 10.1. The van der Waals surface area contributed by atoms with E-state index in [2.05, 4.69) is 17.4 Å². The molecule has 0 radical (unpaired) electrons. The lowest BCUT2D eigenvalue weighted by Crippen LogP contribution is -2.08. The Hall–Kier alpha value is -0.800. The normalized spacial score (nSPS) is 15.2. The van der Waals surface area contributed by atoms with Crippen LogP contribution in [0.3, 0.4) is 0 Å². The second kappa shape index (κ2) is 2.92. The summed E-state index contributed by atoms with van der Waals surface area (Å²) in [5.41, 5.74) is 7.47. The Kier molecular flexibility index (Phi) is 1.90. The monoisotopic (exact) mass is 166 g/mol. The zero-order valence-corrected chi connectivity index (χ0v) is 7.28. The molecule has 0 amide bonds. The number of hydrogen-bond acceptors (Lipinski definition) is 2. The number of aryl methyl sites for hydroxylation is 2. The molecule has 66 valence electrons. The van der Waals surface area contributed by atoms with Crippen molar-refractivity contribution < 1.29 is 5.21 Å². The van der Waals surface area contributed by atoms with Gasteiger partial charge in [0.1, 0.15) is 0 Å². The molecule has 1 aromatic heterocycles. The van der Waals surface area contributed by atoms with Gasteiger partial charge in [-0.1, -0.05) is 0 Å². The maximum absolute atomic E-state index is 8.63. The van der Waals surface area contributed by atoms with Crippen molar-refractivity contribution in [2.45, 2.75) is 32.7 Å². The highest BCUT2D eigenvalue weighted by Gasteiger charge is 2.18. The van der Waals surface area contributed by atoms with Gasteiger partial charge in [0.15, 0.2) is 0 Å². The molecule has 1 aliphatic rings. The third kappa shape index (κ3) is 1.06. The molecule has 1 aromatic rings. The van der Waals surface area contributed by atoms with Crippen LogP contribution in [0, 0.1) is 6.92 Å². The van der Waals surface area contributed by atoms with Crippen LogP contribution in [0.5, 0.6) is 0 Å². The number of H-pyrrole nitrogens is 1. The topological polar surface area (TPSA) is 48.0 Å². The predicted molar refractivity (Wildman–Crippen MR) is 46.2 cm³/mol. The summed E-state index contributed by atoms with van der Waals surface area (Å²) in [6, 6.07) is 0. The van der Waals surface area contributed by atoms with Gasteiger partial charge in [-0.3, -0.25) is 0 Å². The summed E-state index contributed by atoms with van der Waals surface area (Å²) in [6.07, 6.45) is 3.58. The minimum absolute atomic E-state index is 0.567. The van der Waals surface area contributed by atoms with Crippen molar-refractivity contribution in [1.82, 2.24) is 10.5 Å². The predicted octanol–water partition coefficient (Wildman–Crippen LogP) is 1.29. The number of hydroxylamine groups is 1. The Morgan fingerprint density at radius 2 is 2.33 bits per heavy atom. The second-order valence-electron chi connectivity index (χ2n) is 3.37. The average molecular weight is 166 g/mol. The molecule has 0 atom stereocenters. The first-order valence-electron chi connectivity index (χ1n) is 4.39. The van der Waals surface area contributed by atoms with Crippen LogP contribution in [0.4, 0.5) is 0 Å². The fourth-order valence-corrected chi connectivity index (χ4v) is 2.06. The van der Waals surface area contributed by atoms with Crippen LogP contribution in [0.1, 0.15) is 28.9 Å². The van der Waals surface area contributed by atoms with Gasteiger partial charge in [-0.2, -0.15) is 0 Å². The minimum Gasteiger partial charge on any atom is -0.362 e. The lowest BCUT2D eigenvalue weighted by molar-refractivity contribution is 0.161. The highest BCUT2D eigenvalue weighted by atomic mass is 16.5. The van der Waals surface area contributed by atoms with E-state index in [1.54, 1.807) is 0 Å². The van der Waals surface area contributed by atoms with E-state index in [0.717, 1.165) is 6.42 Å². The second-order valence-corrected chi connectivity index (χ2v) is 3.37. The largest absolute Gasteiger partial charge is 0.362 e. The molecule has 0 unspecified atom stereocenters. The molecule has 2 rings (SSSR count). The highest BCUT2D eigenvalue weighted by molar-refractivity contribution is 5.39. The summed E-state index contributed by atoms with van der Waals surface area (Å²) in [5, 5.41) is 8.63. The fraction of sp³-hybridized carbons (Fsp3) is 0.556. The van der Waals surface area contributed by atoms with Gasteiger partial charge in [0.05, 0.1) is 0 Å². The average Bonchev–Trinajstić information content (AvgIpc) is 2.56. The van der Waals surface area contributed by atoms with Crippen molar-refractivity contribution in [2.75, 3.05) is 0 Å². The van der Waals surface area contributed by atoms with Crippen LogP contribution in [0.25, 0.3) is 0 Å². The molecule has 0 saturated heterocycles. The van der Waals surface area contributed by atoms with Gasteiger partial charge in [0.2, 0.25) is 0 Å². The Labute approximate surface area is 71.8 Å². The van der Waals surface area contributed by atoms with Crippen LogP contribution in [-0.2, 0) is 19.4 Å². The third-order valence-electron chi connectivity index (χ3n) is 2.63. The van der Waals surface area contributed by atoms with Crippen LogP contribution < -0.4 is 5.48 Å². The van der Waals surface area contributed by atoms with Crippen molar-refractivity contribution in [3.05, 3.63) is 22.5 Å². The molecule has 3 N–H and O–H groups in total. The maximum atomic E-state index is 8.63. The molecule has 3 heteroatoms. The number of hydrogen-bond donors (Lipinski definition) is 3. The van der Waals surface area contributed by atoms with E-state index >= 15 is 0 Å². The SMILES string of the molecule is Cc1[nH]c2c(c1CNO)CCC2. The van der Waals surface area contributed by atoms with Gasteiger partial charge >= 0.3 is 0 Å². The Morgan fingerprint density at radius 3 is 3.08 bits per heavy atom. The van der Waals surface area contributed by atoms with Crippen molar-refractivity contribution in [2.24, 2.45) is 0 Å². The van der Waals surface area contributed by atoms with Gasteiger partial charge in [-0.15, -0.1) is 0 Å². The Balaban J connectivity index is 2.38. The summed E-state index contributed by atoms with van der Waals surface area (Å²) in [5.74, 6) is 0. The van der Waals surface area contributed by atoms with Crippen LogP contribution in [0.15, 0.2) is 0 Å². The summed E-state index contributed by atoms with van der Waals surface area (Å²) in [6.45, 7) is 2.63. The van der Waals surface area contributed by atoms with Gasteiger partial charge in [-0.25, -0.2) is 5.48 Å². The number of fused-ring (bicyclic) bond motifs is 1. The number of nitrogens with one attached hydrogen (secondary N) is 2. The molecule has 3 nitrogen and oxygen atoms in total. The quantitative estimate of drug-likeness (QED) is 0.580. The maximum Gasteiger partial charge on any atom is 0.0478 e. The van der Waals surface area contributed by atoms with E-state index in [-0.39, 0.29) is 0 Å². The van der Waals surface area contributed by atoms with Gasteiger partial charge < -0.3 is 10.2 Å². The molecule has 0 aromatic carbocycles. The van der Waals surface area contributed by atoms with E-state index in [1.807, 2.05) is 0 Å². The molecule has 0 bridgehead atoms. The van der Waals surface area contributed by atoms with Crippen molar-refractivity contribution >= 4 is 0 Å². The summed E-state index contributed by atoms with van der Waals surface area (Å²) in [7, 11) is 0. The minimum atomic E-state index is 0.567. The zero-order valence-electron chi connectivity index (χ0n) is 7.28. The fourth-order valence-electron chi connectivity index (χ4n) is 2.06. The zero-order chi connectivity index (χ0) is 8.55. The standard InChI is InChI=1S/C9H14N2O/c1-6-8(5-10-12)7-3-2-4-9(7)11-6/h10-12H,2-5H2,1H3. The molecule has 1 heterocycles. The van der Waals surface area contributed by atoms with E-state index < -0.39 is 0 Å². The molecular weight excluding hydrogens is 152 g/mol. The van der Waals surface area contributed by atoms with E-state index in [4.69, 9.17) is 5.21 Å². The summed E-state index contributed by atoms with van der Waals surface area (Å²) in [4.78, 5) is 3.36. The molecule has 12 heavy (non-hydrogen) atoms. The van der Waals surface area contributed by atoms with Crippen LogP contribution >= 0.6 is 0 Å². The first kappa shape index (κ1) is 7.83. The lowest BCUT2D eigenvalue weighted by Gasteiger charge is -2.00. The van der Waals surface area contributed by atoms with E-state index in [0.29, 0.717) is 6.54 Å². The first-order chi connectivity index (χ1) is 5.83. The van der Waals surface area contributed by atoms with Crippen LogP contribution in [-0.4, -0.2) is 10.2 Å². The highest BCUT2D eigenvalue weighted by Crippen LogP contribution is 2.27. The van der Waals surface area contributed by atoms with E-state index in [1.165, 1.54) is 35.4 Å². The van der Waals surface area contributed by atoms with Gasteiger partial charge in [-0.05, 0) is 37.3 Å². The molecule has 0 spiro atoms. The molecule has 0 aliphatic heterocycles. The van der Waals surface area contributed by atoms with E-state index in [9.17, 15) is 0 Å². The van der Waals surface area contributed by atoms with Gasteiger partial charge in [0, 0.05) is 17.9 Å². The smallest absolute Gasteiger partial charge is 0.0478 e. The summed E-state index contributed by atoms with van der Waals surface area (Å²) < 4.78 is 0. The molecule has 0 fully saturated rings.